The Morgan fingerprint density at radius 1 is 1.14 bits per heavy atom. The summed E-state index contributed by atoms with van der Waals surface area (Å²) in [6, 6.07) is -0.643. The normalized spacial score (nSPS) is 28.2. The van der Waals surface area contributed by atoms with E-state index in [1.807, 2.05) is 0 Å². The Hall–Kier alpha value is -1.06. The van der Waals surface area contributed by atoms with Gasteiger partial charge < -0.3 is 29.0 Å². The van der Waals surface area contributed by atoms with E-state index in [1.54, 1.807) is 0 Å². The van der Waals surface area contributed by atoms with E-state index in [1.165, 1.54) is 7.85 Å². The maximum Gasteiger partial charge on any atom is 0.490 e. The van der Waals surface area contributed by atoms with Crippen molar-refractivity contribution in [3.63, 3.8) is 0 Å². The van der Waals surface area contributed by atoms with Gasteiger partial charge in [-0.1, -0.05) is 0 Å². The summed E-state index contributed by atoms with van der Waals surface area (Å²) in [6.45, 7) is -0.943. The molecule has 0 radical (unpaired) electrons. The molecule has 1 rings (SSSR count). The fraction of sp³-hybridized carbons (Fsp3) is 1.00. The first-order chi connectivity index (χ1) is 13.1. The van der Waals surface area contributed by atoms with Crippen molar-refractivity contribution in [2.24, 2.45) is 10.2 Å². The molecule has 18 nitrogen and oxygen atoms in total. The molecule has 1 heterocycles. The van der Waals surface area contributed by atoms with Crippen molar-refractivity contribution in [2.45, 2.75) is 30.7 Å². The second-order valence-corrected chi connectivity index (χ2v) is 9.59. The molecule has 1 aliphatic heterocycles. The van der Waals surface area contributed by atoms with Crippen molar-refractivity contribution in [3.05, 3.63) is 20.9 Å². The van der Waals surface area contributed by atoms with Crippen molar-refractivity contribution < 1.29 is 60.3 Å². The first kappa shape index (κ1) is 26.0. The minimum Gasteiger partial charge on any atom is -0.379 e. The molecule has 29 heavy (non-hydrogen) atoms. The quantitative estimate of drug-likeness (QED) is 0.0786. The second-order valence-electron chi connectivity index (χ2n) is 5.17. The Morgan fingerprint density at radius 3 is 2.17 bits per heavy atom. The molecule has 23 heteroatoms. The van der Waals surface area contributed by atoms with Crippen LogP contribution in [0.25, 0.3) is 20.9 Å². The minimum atomic E-state index is -5.72. The number of hydrogen-bond acceptors (Lipinski definition) is 10. The number of alkyl halides is 1. The van der Waals surface area contributed by atoms with Crippen LogP contribution in [0.1, 0.15) is 6.42 Å². The van der Waals surface area contributed by atoms with Crippen LogP contribution in [-0.2, 0) is 36.3 Å². The van der Waals surface area contributed by atoms with Crippen molar-refractivity contribution >= 4 is 31.3 Å². The molecular weight excluding hydrogens is 471 g/mol. The smallest absolute Gasteiger partial charge is 0.379 e. The highest BCUT2D eigenvalue weighted by molar-refractivity contribution is 7.66. The SMILES string of the molecule is BC1C[C@@H](OC(F)(N=[N+]=[N-])N=[N+]=[N-])C(COP(=O)(O)OP(=O)(O)OP(=O)(O)O)O1. The maximum absolute atomic E-state index is 14.2. The number of rotatable bonds is 11. The molecule has 1 saturated heterocycles. The van der Waals surface area contributed by atoms with E-state index in [0.29, 0.717) is 0 Å². The zero-order valence-electron chi connectivity index (χ0n) is 14.1. The van der Waals surface area contributed by atoms with Gasteiger partial charge in [-0.3, -0.25) is 4.52 Å². The van der Waals surface area contributed by atoms with Crippen LogP contribution in [0.15, 0.2) is 10.2 Å². The Kier molecular flexibility index (Phi) is 8.81. The van der Waals surface area contributed by atoms with Crippen molar-refractivity contribution in [2.75, 3.05) is 6.61 Å². The van der Waals surface area contributed by atoms with Gasteiger partial charge in [0.05, 0.1) is 12.7 Å². The summed E-state index contributed by atoms with van der Waals surface area (Å²) in [5.41, 5.74) is 16.6. The standard InChI is InChI=1S/C6H13BFN6O12P3/c7-5-1-3(24-6(8,11-13-9)12-14-10)4(23-5)2-22-28(18,19)26-29(20,21)25-27(15,16)17/h3-5H,1-2,7H2,(H,18,19)(H,20,21)(H2,15,16,17)/t3-,4?,5?/m1/s1. The molecule has 164 valence electrons. The fourth-order valence-corrected chi connectivity index (χ4v) is 5.06. The number of ether oxygens (including phenoxy) is 2. The van der Waals surface area contributed by atoms with E-state index in [0.717, 1.165) is 0 Å². The van der Waals surface area contributed by atoms with Crippen LogP contribution in [0.5, 0.6) is 0 Å². The summed E-state index contributed by atoms with van der Waals surface area (Å²) in [6.07, 6.45) is -6.28. The molecular formula is C6H13BFN6O12P3. The maximum atomic E-state index is 14.2. The number of nitrogens with zero attached hydrogens (tertiary/aromatic N) is 6. The summed E-state index contributed by atoms with van der Waals surface area (Å²) in [5.74, 6) is 0. The fourth-order valence-electron chi connectivity index (χ4n) is 2.03. The summed E-state index contributed by atoms with van der Waals surface area (Å²) >= 11 is 0. The van der Waals surface area contributed by atoms with Crippen LogP contribution in [0, 0.1) is 0 Å². The molecule has 0 aromatic carbocycles. The van der Waals surface area contributed by atoms with Crippen LogP contribution in [0.3, 0.4) is 0 Å². The van der Waals surface area contributed by atoms with Gasteiger partial charge in [-0.25, -0.2) is 13.7 Å². The average Bonchev–Trinajstić information content (AvgIpc) is 2.81. The molecule has 0 aliphatic carbocycles. The molecule has 0 bridgehead atoms. The van der Waals surface area contributed by atoms with Gasteiger partial charge in [-0.15, -0.1) is 0 Å². The average molecular weight is 484 g/mol. The topological polar surface area (TPSA) is 276 Å². The number of hydrogen-bond donors (Lipinski definition) is 4. The van der Waals surface area contributed by atoms with E-state index >= 15 is 0 Å². The first-order valence-electron chi connectivity index (χ1n) is 7.03. The van der Waals surface area contributed by atoms with Gasteiger partial charge in [0.25, 0.3) is 0 Å². The summed E-state index contributed by atoms with van der Waals surface area (Å²) in [5, 5.41) is 5.09. The highest BCUT2D eigenvalue weighted by Crippen LogP contribution is 2.66. The minimum absolute atomic E-state index is 0.0853. The molecule has 1 aliphatic rings. The van der Waals surface area contributed by atoms with Crippen molar-refractivity contribution in [1.29, 1.82) is 0 Å². The predicted molar refractivity (Wildman–Crippen MR) is 88.6 cm³/mol. The molecule has 0 aromatic heterocycles. The van der Waals surface area contributed by atoms with E-state index in [4.69, 9.17) is 35.2 Å². The van der Waals surface area contributed by atoms with E-state index in [2.05, 4.69) is 33.2 Å². The van der Waals surface area contributed by atoms with E-state index in [-0.39, 0.29) is 6.42 Å². The molecule has 4 N–H and O–H groups in total. The zero-order chi connectivity index (χ0) is 22.5. The van der Waals surface area contributed by atoms with Crippen molar-refractivity contribution in [3.8, 4) is 0 Å². The molecule has 0 saturated carbocycles. The van der Waals surface area contributed by atoms with E-state index < -0.39 is 54.4 Å². The van der Waals surface area contributed by atoms with Crippen LogP contribution in [-0.4, -0.2) is 58.3 Å². The van der Waals surface area contributed by atoms with Gasteiger partial charge in [0.2, 0.25) is 0 Å². The van der Waals surface area contributed by atoms with Crippen LogP contribution >= 0.6 is 23.5 Å². The Balaban J connectivity index is 2.83. The highest BCUT2D eigenvalue weighted by atomic mass is 31.3. The lowest BCUT2D eigenvalue weighted by Crippen LogP contribution is -2.35. The van der Waals surface area contributed by atoms with Crippen molar-refractivity contribution in [1.82, 2.24) is 0 Å². The Labute approximate surface area is 161 Å². The van der Waals surface area contributed by atoms with Gasteiger partial charge in [-0.2, -0.15) is 13.0 Å². The van der Waals surface area contributed by atoms with Gasteiger partial charge in [0.15, 0.2) is 0 Å². The predicted octanol–water partition coefficient (Wildman–Crippen LogP) is 0.664. The Bertz CT molecular complexity index is 826. The molecule has 0 aromatic rings. The summed E-state index contributed by atoms with van der Waals surface area (Å²) in [4.78, 5) is 39.6. The third kappa shape index (κ3) is 9.53. The van der Waals surface area contributed by atoms with Crippen LogP contribution in [0.4, 0.5) is 4.39 Å². The number of halogens is 1. The second kappa shape index (κ2) is 9.83. The third-order valence-electron chi connectivity index (χ3n) is 2.84. The molecule has 4 unspecified atom stereocenters. The molecule has 0 spiro atoms. The lowest BCUT2D eigenvalue weighted by Gasteiger charge is -2.24. The van der Waals surface area contributed by atoms with Gasteiger partial charge in [-0.05, 0) is 27.7 Å². The largest absolute Gasteiger partial charge is 0.490 e. The molecule has 0 amide bonds. The van der Waals surface area contributed by atoms with Gasteiger partial charge in [0.1, 0.15) is 14.0 Å². The summed E-state index contributed by atoms with van der Waals surface area (Å²) in [7, 11) is -15.3. The third-order valence-corrected chi connectivity index (χ3v) is 6.64. The van der Waals surface area contributed by atoms with Gasteiger partial charge in [0, 0.05) is 15.8 Å². The first-order valence-corrected chi connectivity index (χ1v) is 11.6. The molecule has 5 atom stereocenters. The number of phosphoric acid groups is 3. The lowest BCUT2D eigenvalue weighted by atomic mass is 9.96. The monoisotopic (exact) mass is 484 g/mol. The highest BCUT2D eigenvalue weighted by Gasteiger charge is 2.44. The zero-order valence-corrected chi connectivity index (χ0v) is 16.8. The molecule has 1 fully saturated rings. The van der Waals surface area contributed by atoms with Gasteiger partial charge >= 0.3 is 29.6 Å². The lowest BCUT2D eigenvalue weighted by molar-refractivity contribution is -0.184. The van der Waals surface area contributed by atoms with E-state index in [9.17, 15) is 23.0 Å². The van der Waals surface area contributed by atoms with Crippen LogP contribution < -0.4 is 0 Å². The van der Waals surface area contributed by atoms with Crippen LogP contribution in [0.2, 0.25) is 0 Å². The Morgan fingerprint density at radius 2 is 1.69 bits per heavy atom. The number of azide groups is 1. The number of phosphoric ester groups is 1. The summed E-state index contributed by atoms with van der Waals surface area (Å²) < 4.78 is 69.0.